The lowest BCUT2D eigenvalue weighted by Gasteiger charge is -2.36. The van der Waals surface area contributed by atoms with Crippen molar-refractivity contribution in [3.63, 3.8) is 0 Å². The van der Waals surface area contributed by atoms with Crippen molar-refractivity contribution in [2.45, 2.75) is 96.8 Å². The first-order valence-corrected chi connectivity index (χ1v) is 26.1. The molecule has 0 unspecified atom stereocenters. The van der Waals surface area contributed by atoms with Gasteiger partial charge in [-0.2, -0.15) is 9.61 Å². The highest BCUT2D eigenvalue weighted by Gasteiger charge is 2.40. The first kappa shape index (κ1) is 38.9. The molecule has 0 atom stereocenters. The van der Waals surface area contributed by atoms with Crippen LogP contribution in [0.5, 0.6) is 0 Å². The molecule has 3 aromatic heterocycles. The number of fused-ring (bicyclic) bond motifs is 1. The molecule has 0 saturated heterocycles. The number of esters is 1. The van der Waals surface area contributed by atoms with E-state index < -0.39 is 21.6 Å². The maximum absolute atomic E-state index is 12.9. The van der Waals surface area contributed by atoms with Crippen LogP contribution in [0.25, 0.3) is 28.0 Å². The summed E-state index contributed by atoms with van der Waals surface area (Å²) in [6.07, 6.45) is 7.06. The summed E-state index contributed by atoms with van der Waals surface area (Å²) in [5.74, 6) is 1.04. The molecule has 0 spiro atoms. The van der Waals surface area contributed by atoms with Crippen LogP contribution in [0.1, 0.15) is 51.1 Å². The van der Waals surface area contributed by atoms with Gasteiger partial charge in [-0.15, -0.1) is 0 Å². The molecule has 1 aliphatic rings. The average molecular weight is 728 g/mol. The average Bonchev–Trinajstić information content (AvgIpc) is 3.51. The number of hydrogen-bond donors (Lipinski definition) is 0. The predicted octanol–water partition coefficient (Wildman–Crippen LogP) is 7.37. The fourth-order valence-corrected chi connectivity index (χ4v) is 8.20. The quantitative estimate of drug-likeness (QED) is 0.0512. The Balaban J connectivity index is 1.55. The molecule has 0 radical (unpaired) electrons. The molecule has 274 valence electrons. The molecule has 12 heteroatoms. The van der Waals surface area contributed by atoms with E-state index in [1.165, 1.54) is 0 Å². The summed E-state index contributed by atoms with van der Waals surface area (Å²) in [5.41, 5.74) is 6.32. The highest BCUT2D eigenvalue weighted by molar-refractivity contribution is 6.76. The lowest BCUT2D eigenvalue weighted by molar-refractivity contribution is -0.156. The second kappa shape index (κ2) is 16.6. The van der Waals surface area contributed by atoms with Crippen LogP contribution in [0.4, 0.5) is 5.82 Å². The molecule has 4 aromatic rings. The number of benzene rings is 1. The molecule has 0 bridgehead atoms. The minimum atomic E-state index is -1.27. The van der Waals surface area contributed by atoms with Gasteiger partial charge in [0, 0.05) is 63.9 Å². The lowest BCUT2D eigenvalue weighted by atomic mass is 9.69. The molecule has 1 aromatic carbocycles. The molecule has 51 heavy (non-hydrogen) atoms. The molecule has 5 rings (SSSR count). The van der Waals surface area contributed by atoms with Crippen LogP contribution in [0.15, 0.2) is 54.9 Å². The number of nitrogens with zero attached hydrogens (tertiary/aromatic N) is 5. The molecule has 0 N–H and O–H groups in total. The fourth-order valence-electron chi connectivity index (χ4n) is 6.68. The number of pyridine rings is 1. The summed E-state index contributed by atoms with van der Waals surface area (Å²) < 4.78 is 20.3. The van der Waals surface area contributed by atoms with Crippen molar-refractivity contribution in [3.05, 3.63) is 60.6 Å². The number of hydrogen-bond acceptors (Lipinski definition) is 8. The summed E-state index contributed by atoms with van der Waals surface area (Å²) in [7, 11) is -0.380. The summed E-state index contributed by atoms with van der Waals surface area (Å²) in [6, 6.07) is 16.6. The van der Waals surface area contributed by atoms with Crippen molar-refractivity contribution in [1.29, 1.82) is 0 Å². The third-order valence-electron chi connectivity index (χ3n) is 10.1. The predicted molar refractivity (Wildman–Crippen MR) is 216 cm³/mol. The van der Waals surface area contributed by atoms with E-state index in [2.05, 4.69) is 83.2 Å². The van der Waals surface area contributed by atoms with Gasteiger partial charge in [0.1, 0.15) is 27.1 Å². The SMILES string of the molecule is Bc1c(C2CCC(C)(C(=O)OCC)CC2)nc2c(-c3ccc(-c4ccccc4)nc3)cnn2c1N(COCC[Si](C)(C)C)COCC[Si](C)(C)C. The first-order chi connectivity index (χ1) is 24.2. The molecule has 1 fully saturated rings. The minimum Gasteiger partial charge on any atom is -0.466 e. The highest BCUT2D eigenvalue weighted by Crippen LogP contribution is 2.43. The van der Waals surface area contributed by atoms with Crippen molar-refractivity contribution < 1.29 is 19.0 Å². The Labute approximate surface area is 307 Å². The van der Waals surface area contributed by atoms with E-state index in [1.54, 1.807) is 0 Å². The summed E-state index contributed by atoms with van der Waals surface area (Å²) >= 11 is 0. The molecule has 0 amide bonds. The van der Waals surface area contributed by atoms with Gasteiger partial charge >= 0.3 is 5.97 Å². The topological polar surface area (TPSA) is 91.1 Å². The van der Waals surface area contributed by atoms with Crippen molar-refractivity contribution in [2.75, 3.05) is 38.2 Å². The fraction of sp³-hybridized carbons (Fsp3) is 0.538. The Hall–Kier alpha value is -3.32. The Morgan fingerprint density at radius 1 is 0.922 bits per heavy atom. The van der Waals surface area contributed by atoms with Crippen LogP contribution >= 0.6 is 0 Å². The molecule has 3 heterocycles. The van der Waals surface area contributed by atoms with Crippen molar-refractivity contribution in [1.82, 2.24) is 19.6 Å². The molecule has 9 nitrogen and oxygen atoms in total. The normalized spacial score (nSPS) is 18.2. The third-order valence-corrected chi connectivity index (χ3v) is 13.5. The van der Waals surface area contributed by atoms with Gasteiger partial charge in [0.2, 0.25) is 0 Å². The standard InChI is InChI=1S/C39H58BN5O4Si2/c1-9-49-38(46)39(2)19-17-30(18-20-39)35-34(40)37(44(27-47-21-23-50(3,4)5)28-48-22-24-51(6,7)8)45-36(43-35)32(26-42-45)31-15-16-33(41-25-31)29-13-11-10-12-14-29/h10-16,25-26,30H,9,17-24,27-28,40H2,1-8H3. The van der Waals surface area contributed by atoms with Crippen LogP contribution in [0.2, 0.25) is 51.4 Å². The monoisotopic (exact) mass is 727 g/mol. The summed E-state index contributed by atoms with van der Waals surface area (Å²) in [5, 5.41) is 4.97. The second-order valence-corrected chi connectivity index (χ2v) is 28.1. The first-order valence-electron chi connectivity index (χ1n) is 18.7. The number of aromatic nitrogens is 4. The van der Waals surface area contributed by atoms with Crippen LogP contribution in [-0.2, 0) is 19.0 Å². The van der Waals surface area contributed by atoms with Gasteiger partial charge in [-0.05, 0) is 63.1 Å². The maximum Gasteiger partial charge on any atom is 0.311 e. The highest BCUT2D eigenvalue weighted by atomic mass is 28.3. The van der Waals surface area contributed by atoms with Crippen LogP contribution in [-0.4, -0.2) is 82.8 Å². The number of carbonyl (C=O) groups is 1. The third kappa shape index (κ3) is 9.97. The van der Waals surface area contributed by atoms with E-state index in [-0.39, 0.29) is 11.9 Å². The van der Waals surface area contributed by atoms with Gasteiger partial charge in [-0.1, -0.05) is 75.7 Å². The van der Waals surface area contributed by atoms with E-state index in [1.807, 2.05) is 42.0 Å². The van der Waals surface area contributed by atoms with Crippen molar-refractivity contribution in [3.8, 4) is 22.4 Å². The Bertz CT molecular complexity index is 1730. The number of carbonyl (C=O) groups excluding carboxylic acids is 1. The van der Waals surface area contributed by atoms with Gasteiger partial charge in [0.05, 0.1) is 23.9 Å². The van der Waals surface area contributed by atoms with E-state index >= 15 is 0 Å². The smallest absolute Gasteiger partial charge is 0.311 e. The number of rotatable bonds is 16. The largest absolute Gasteiger partial charge is 0.466 e. The molecular weight excluding hydrogens is 669 g/mol. The molecule has 1 saturated carbocycles. The summed E-state index contributed by atoms with van der Waals surface area (Å²) in [6.45, 7) is 20.8. The van der Waals surface area contributed by atoms with Crippen molar-refractivity contribution in [2.24, 2.45) is 5.41 Å². The van der Waals surface area contributed by atoms with E-state index in [9.17, 15) is 4.79 Å². The van der Waals surface area contributed by atoms with E-state index in [0.717, 1.165) is 82.8 Å². The van der Waals surface area contributed by atoms with Crippen LogP contribution in [0, 0.1) is 5.41 Å². The molecule has 1 aliphatic carbocycles. The zero-order valence-corrected chi connectivity index (χ0v) is 34.4. The molecule has 0 aliphatic heterocycles. The number of ether oxygens (including phenoxy) is 3. The van der Waals surface area contributed by atoms with Gasteiger partial charge in [0.15, 0.2) is 5.65 Å². The number of anilines is 1. The maximum atomic E-state index is 12.9. The zero-order chi connectivity index (χ0) is 36.8. The van der Waals surface area contributed by atoms with Crippen LogP contribution < -0.4 is 10.4 Å². The van der Waals surface area contributed by atoms with Gasteiger partial charge in [-0.3, -0.25) is 9.78 Å². The second-order valence-electron chi connectivity index (χ2n) is 16.8. The van der Waals surface area contributed by atoms with Gasteiger partial charge < -0.3 is 19.1 Å². The zero-order valence-electron chi connectivity index (χ0n) is 32.4. The minimum absolute atomic E-state index is 0.0918. The van der Waals surface area contributed by atoms with Gasteiger partial charge in [-0.25, -0.2) is 4.98 Å². The Kier molecular flexibility index (Phi) is 12.6. The van der Waals surface area contributed by atoms with Gasteiger partial charge in [0.25, 0.3) is 0 Å². The van der Waals surface area contributed by atoms with E-state index in [0.29, 0.717) is 33.3 Å². The Morgan fingerprint density at radius 3 is 2.10 bits per heavy atom. The summed E-state index contributed by atoms with van der Waals surface area (Å²) in [4.78, 5) is 25.4. The van der Waals surface area contributed by atoms with E-state index in [4.69, 9.17) is 29.3 Å². The Morgan fingerprint density at radius 2 is 1.55 bits per heavy atom. The van der Waals surface area contributed by atoms with Crippen molar-refractivity contribution >= 4 is 46.9 Å². The van der Waals surface area contributed by atoms with Crippen LogP contribution in [0.3, 0.4) is 0 Å². The lowest BCUT2D eigenvalue weighted by Crippen LogP contribution is -2.39. The molecular formula is C39H58BN5O4Si2.